The molecule has 2 fully saturated rings. The van der Waals surface area contributed by atoms with E-state index in [4.69, 9.17) is 9.90 Å². The average Bonchev–Trinajstić information content (AvgIpc) is 3.02. The Morgan fingerprint density at radius 1 is 1.14 bits per heavy atom. The predicted octanol–water partition coefficient (Wildman–Crippen LogP) is 0.671. The number of hydrogen-bond acceptors (Lipinski definition) is 4. The van der Waals surface area contributed by atoms with Gasteiger partial charge in [0.2, 0.25) is 11.8 Å². The van der Waals surface area contributed by atoms with Gasteiger partial charge in [0.25, 0.3) is 6.47 Å². The van der Waals surface area contributed by atoms with Gasteiger partial charge < -0.3 is 10.4 Å². The van der Waals surface area contributed by atoms with E-state index in [0.29, 0.717) is 18.8 Å². The second-order valence-electron chi connectivity index (χ2n) is 5.64. The first-order valence-corrected chi connectivity index (χ1v) is 7.29. The topological polar surface area (TPSA) is 95.5 Å². The molecule has 2 amide bonds. The summed E-state index contributed by atoms with van der Waals surface area (Å²) in [5.41, 5.74) is 0.788. The van der Waals surface area contributed by atoms with Crippen LogP contribution in [0.5, 0.6) is 0 Å². The summed E-state index contributed by atoms with van der Waals surface area (Å²) in [6.07, 6.45) is 1.85. The van der Waals surface area contributed by atoms with E-state index < -0.39 is 0 Å². The summed E-state index contributed by atoms with van der Waals surface area (Å²) < 4.78 is 0. The lowest BCUT2D eigenvalue weighted by Gasteiger charge is -2.41. The van der Waals surface area contributed by atoms with Crippen LogP contribution in [0, 0.1) is 5.92 Å². The highest BCUT2D eigenvalue weighted by Crippen LogP contribution is 2.43. The fourth-order valence-corrected chi connectivity index (χ4v) is 3.50. The third-order valence-corrected chi connectivity index (χ3v) is 4.42. The minimum atomic E-state index is -0.329. The molecular weight excluding hydrogens is 284 g/mol. The molecule has 1 unspecified atom stereocenters. The van der Waals surface area contributed by atoms with Crippen LogP contribution in [0.3, 0.4) is 0 Å². The number of carbonyl (C=O) groups excluding carboxylic acids is 2. The van der Waals surface area contributed by atoms with Crippen LogP contribution in [0.1, 0.15) is 24.8 Å². The molecule has 1 aromatic rings. The Hall–Kier alpha value is -2.21. The zero-order valence-electron chi connectivity index (χ0n) is 12.2. The van der Waals surface area contributed by atoms with Crippen molar-refractivity contribution in [2.75, 3.05) is 13.1 Å². The number of hydrogen-bond donors (Lipinski definition) is 3. The smallest absolute Gasteiger partial charge is 0.290 e. The number of rotatable bonds is 2. The minimum Gasteiger partial charge on any atom is -0.483 e. The minimum absolute atomic E-state index is 0.146. The van der Waals surface area contributed by atoms with Crippen molar-refractivity contribution in [1.29, 1.82) is 0 Å². The van der Waals surface area contributed by atoms with E-state index in [9.17, 15) is 9.59 Å². The number of piperidine rings is 1. The van der Waals surface area contributed by atoms with E-state index in [-0.39, 0.29) is 23.7 Å². The van der Waals surface area contributed by atoms with Gasteiger partial charge in [-0.15, -0.1) is 0 Å². The molecule has 1 aromatic carbocycles. The Morgan fingerprint density at radius 3 is 2.23 bits per heavy atom. The van der Waals surface area contributed by atoms with Crippen molar-refractivity contribution >= 4 is 18.3 Å². The number of amides is 2. The van der Waals surface area contributed by atoms with Gasteiger partial charge in [-0.2, -0.15) is 0 Å². The van der Waals surface area contributed by atoms with E-state index in [1.54, 1.807) is 0 Å². The molecule has 2 aliphatic heterocycles. The molecule has 0 spiro atoms. The third kappa shape index (κ3) is 3.33. The molecule has 0 saturated carbocycles. The van der Waals surface area contributed by atoms with Crippen molar-refractivity contribution in [3.05, 3.63) is 35.9 Å². The summed E-state index contributed by atoms with van der Waals surface area (Å²) >= 11 is 0. The highest BCUT2D eigenvalue weighted by molar-refractivity contribution is 5.99. The van der Waals surface area contributed by atoms with Gasteiger partial charge in [-0.25, -0.2) is 0 Å². The molecule has 1 atom stereocenters. The van der Waals surface area contributed by atoms with Crippen LogP contribution in [0.2, 0.25) is 0 Å². The van der Waals surface area contributed by atoms with E-state index in [1.165, 1.54) is 0 Å². The Bertz CT molecular complexity index is 522. The molecule has 2 saturated heterocycles. The molecule has 0 aromatic heterocycles. The summed E-state index contributed by atoms with van der Waals surface area (Å²) in [5, 5.41) is 12.7. The van der Waals surface area contributed by atoms with E-state index in [0.717, 1.165) is 25.1 Å². The van der Waals surface area contributed by atoms with Crippen molar-refractivity contribution in [3.63, 3.8) is 0 Å². The summed E-state index contributed by atoms with van der Waals surface area (Å²) in [6.45, 7) is 1.60. The van der Waals surface area contributed by atoms with Gasteiger partial charge in [-0.05, 0) is 31.0 Å². The second kappa shape index (κ2) is 7.17. The molecule has 3 rings (SSSR count). The maximum atomic E-state index is 11.9. The zero-order valence-corrected chi connectivity index (χ0v) is 12.2. The fourth-order valence-electron chi connectivity index (χ4n) is 3.50. The Kier molecular flexibility index (Phi) is 5.27. The van der Waals surface area contributed by atoms with Crippen molar-refractivity contribution in [2.24, 2.45) is 5.92 Å². The van der Waals surface area contributed by atoms with Crippen LogP contribution in [-0.2, 0) is 19.8 Å². The Labute approximate surface area is 128 Å². The lowest BCUT2D eigenvalue weighted by molar-refractivity contribution is -0.136. The van der Waals surface area contributed by atoms with Crippen molar-refractivity contribution in [2.45, 2.75) is 24.7 Å². The maximum absolute atomic E-state index is 11.9. The van der Waals surface area contributed by atoms with Crippen LogP contribution in [0.15, 0.2) is 30.3 Å². The Balaban J connectivity index is 0.000000545. The molecule has 6 nitrogen and oxygen atoms in total. The number of benzene rings is 1. The first-order chi connectivity index (χ1) is 10.6. The van der Waals surface area contributed by atoms with Crippen LogP contribution in [-0.4, -0.2) is 36.5 Å². The molecule has 0 radical (unpaired) electrons. The largest absolute Gasteiger partial charge is 0.483 e. The van der Waals surface area contributed by atoms with Crippen LogP contribution < -0.4 is 10.6 Å². The van der Waals surface area contributed by atoms with Gasteiger partial charge in [0, 0.05) is 18.3 Å². The van der Waals surface area contributed by atoms with E-state index in [1.807, 2.05) is 30.3 Å². The van der Waals surface area contributed by atoms with Gasteiger partial charge >= 0.3 is 0 Å². The van der Waals surface area contributed by atoms with E-state index >= 15 is 0 Å². The number of imide groups is 1. The number of carboxylic acid groups (broad SMARTS) is 1. The summed E-state index contributed by atoms with van der Waals surface area (Å²) in [6, 6.07) is 10.0. The van der Waals surface area contributed by atoms with Crippen LogP contribution in [0.4, 0.5) is 0 Å². The van der Waals surface area contributed by atoms with Gasteiger partial charge in [0.1, 0.15) is 0 Å². The zero-order chi connectivity index (χ0) is 16.0. The first kappa shape index (κ1) is 16.2. The predicted molar refractivity (Wildman–Crippen MR) is 80.2 cm³/mol. The van der Waals surface area contributed by atoms with Gasteiger partial charge in [-0.3, -0.25) is 19.7 Å². The SMILES string of the molecule is O=C1CC(c2ccccc2)(C2CCNC2)CC(=O)N1.O=CO. The highest BCUT2D eigenvalue weighted by atomic mass is 16.3. The summed E-state index contributed by atoms with van der Waals surface area (Å²) in [4.78, 5) is 32.1. The summed E-state index contributed by atoms with van der Waals surface area (Å²) in [5.74, 6) is 0.0592. The second-order valence-corrected chi connectivity index (χ2v) is 5.64. The van der Waals surface area contributed by atoms with Crippen LogP contribution >= 0.6 is 0 Å². The Morgan fingerprint density at radius 2 is 1.73 bits per heavy atom. The molecule has 0 aliphatic carbocycles. The molecule has 22 heavy (non-hydrogen) atoms. The number of nitrogens with one attached hydrogen (secondary N) is 2. The maximum Gasteiger partial charge on any atom is 0.290 e. The monoisotopic (exact) mass is 304 g/mol. The van der Waals surface area contributed by atoms with Crippen molar-refractivity contribution in [1.82, 2.24) is 10.6 Å². The number of carbonyl (C=O) groups is 3. The molecular formula is C16H20N2O4. The van der Waals surface area contributed by atoms with Gasteiger partial charge in [0.05, 0.1) is 0 Å². The molecule has 2 heterocycles. The van der Waals surface area contributed by atoms with E-state index in [2.05, 4.69) is 10.6 Å². The normalized spacial score (nSPS) is 23.2. The van der Waals surface area contributed by atoms with Crippen molar-refractivity contribution in [3.8, 4) is 0 Å². The fraction of sp³-hybridized carbons (Fsp3) is 0.438. The third-order valence-electron chi connectivity index (χ3n) is 4.42. The van der Waals surface area contributed by atoms with Crippen LogP contribution in [0.25, 0.3) is 0 Å². The average molecular weight is 304 g/mol. The van der Waals surface area contributed by atoms with Crippen molar-refractivity contribution < 1.29 is 19.5 Å². The standard InChI is InChI=1S/C15H18N2O2.CH2O2/c18-13-8-15(9-14(19)17-13,12-6-7-16-10-12)11-4-2-1-3-5-11;2-1-3/h1-5,12,16H,6-10H2,(H,17,18,19);1H,(H,2,3). The quantitative estimate of drug-likeness (QED) is 0.551. The lowest BCUT2D eigenvalue weighted by atomic mass is 9.64. The van der Waals surface area contributed by atoms with Gasteiger partial charge in [0.15, 0.2) is 0 Å². The van der Waals surface area contributed by atoms with Gasteiger partial charge in [-0.1, -0.05) is 30.3 Å². The molecule has 2 aliphatic rings. The molecule has 0 bridgehead atoms. The molecule has 3 N–H and O–H groups in total. The molecule has 118 valence electrons. The first-order valence-electron chi connectivity index (χ1n) is 7.29. The summed E-state index contributed by atoms with van der Waals surface area (Å²) in [7, 11) is 0. The highest BCUT2D eigenvalue weighted by Gasteiger charge is 2.47. The lowest BCUT2D eigenvalue weighted by Crippen LogP contribution is -2.51. The molecule has 6 heteroatoms.